The molecular weight excluding hydrogens is 743 g/mol. The highest BCUT2D eigenvalue weighted by atomic mass is 16.7. The van der Waals surface area contributed by atoms with Gasteiger partial charge in [0.15, 0.2) is 0 Å². The van der Waals surface area contributed by atoms with Gasteiger partial charge in [0, 0.05) is 32.2 Å². The van der Waals surface area contributed by atoms with Crippen LogP contribution in [-0.4, -0.2) is 94.2 Å². The number of hydrogen-bond acceptors (Lipinski definition) is 12. The van der Waals surface area contributed by atoms with Crippen LogP contribution >= 0.6 is 0 Å². The molecule has 0 aromatic carbocycles. The lowest BCUT2D eigenvalue weighted by Crippen LogP contribution is -2.27. The molecule has 0 aromatic rings. The van der Waals surface area contributed by atoms with Crippen molar-refractivity contribution in [2.24, 2.45) is 5.92 Å². The van der Waals surface area contributed by atoms with Gasteiger partial charge in [-0.15, -0.1) is 0 Å². The maximum absolute atomic E-state index is 12.5. The highest BCUT2D eigenvalue weighted by molar-refractivity contribution is 5.70. The molecule has 12 nitrogen and oxygen atoms in total. The Bertz CT molecular complexity index is 944. The molecule has 0 saturated carbocycles. The van der Waals surface area contributed by atoms with Gasteiger partial charge in [-0.2, -0.15) is 0 Å². The molecule has 0 saturated heterocycles. The summed E-state index contributed by atoms with van der Waals surface area (Å²) in [4.78, 5) is 63.6. The van der Waals surface area contributed by atoms with Crippen molar-refractivity contribution in [1.29, 1.82) is 0 Å². The average Bonchev–Trinajstić information content (AvgIpc) is 3.21. The third-order valence-corrected chi connectivity index (χ3v) is 10.2. The fourth-order valence-electron chi connectivity index (χ4n) is 6.34. The summed E-state index contributed by atoms with van der Waals surface area (Å²) in [5.41, 5.74) is 0. The zero-order valence-corrected chi connectivity index (χ0v) is 37.5. The summed E-state index contributed by atoms with van der Waals surface area (Å²) in [6, 6.07) is 0. The van der Waals surface area contributed by atoms with Gasteiger partial charge in [-0.05, 0) is 58.0 Å². The molecule has 0 amide bonds. The zero-order chi connectivity index (χ0) is 42.7. The molecule has 0 atom stereocenters. The number of hydrogen-bond donors (Lipinski definition) is 0. The second-order valence-corrected chi connectivity index (χ2v) is 15.5. The minimum atomic E-state index is -0.824. The fraction of sp³-hybridized carbons (Fsp3) is 0.891. The number of ether oxygens (including phenoxy) is 6. The summed E-state index contributed by atoms with van der Waals surface area (Å²) < 4.78 is 32.1. The summed E-state index contributed by atoms with van der Waals surface area (Å²) in [5, 5.41) is 0. The number of rotatable bonds is 42. The Morgan fingerprint density at radius 2 is 0.690 bits per heavy atom. The van der Waals surface area contributed by atoms with Crippen molar-refractivity contribution < 1.29 is 52.4 Å². The Kier molecular flexibility index (Phi) is 40.1. The van der Waals surface area contributed by atoms with Crippen LogP contribution in [0, 0.1) is 5.92 Å². The van der Waals surface area contributed by atoms with E-state index in [0.717, 1.165) is 45.3 Å². The number of nitrogens with zero attached hydrogens (tertiary/aromatic N) is 1. The molecule has 0 radical (unpaired) electrons. The van der Waals surface area contributed by atoms with E-state index < -0.39 is 24.0 Å². The van der Waals surface area contributed by atoms with E-state index in [1.165, 1.54) is 77.0 Å². The van der Waals surface area contributed by atoms with Crippen LogP contribution in [0.25, 0.3) is 0 Å². The van der Waals surface area contributed by atoms with Gasteiger partial charge in [-0.3, -0.25) is 19.2 Å². The minimum Gasteiger partial charge on any atom is -0.466 e. The topological polar surface area (TPSA) is 144 Å². The summed E-state index contributed by atoms with van der Waals surface area (Å²) in [7, 11) is 0. The first kappa shape index (κ1) is 55.1. The van der Waals surface area contributed by atoms with E-state index in [0.29, 0.717) is 71.0 Å². The van der Waals surface area contributed by atoms with Crippen LogP contribution in [0.4, 0.5) is 4.79 Å². The number of esters is 4. The van der Waals surface area contributed by atoms with Gasteiger partial charge in [-0.25, -0.2) is 4.79 Å². The molecule has 0 rings (SSSR count). The second kappa shape index (κ2) is 42.2. The Hall–Kier alpha value is -2.89. The molecule has 0 N–H and O–H groups in total. The first-order valence-corrected chi connectivity index (χ1v) is 23.4. The molecule has 0 heterocycles. The molecule has 0 aliphatic heterocycles. The Morgan fingerprint density at radius 3 is 1.09 bits per heavy atom. The van der Waals surface area contributed by atoms with E-state index in [2.05, 4.69) is 32.6 Å². The van der Waals surface area contributed by atoms with Crippen molar-refractivity contribution in [3.05, 3.63) is 0 Å². The van der Waals surface area contributed by atoms with Crippen LogP contribution in [-0.2, 0) is 47.6 Å². The Labute approximate surface area is 352 Å². The molecule has 0 bridgehead atoms. The maximum Gasteiger partial charge on any atom is 0.508 e. The van der Waals surface area contributed by atoms with E-state index in [1.807, 2.05) is 0 Å². The van der Waals surface area contributed by atoms with E-state index >= 15 is 0 Å². The highest BCUT2D eigenvalue weighted by Crippen LogP contribution is 2.12. The number of carbonyl (C=O) groups is 5. The van der Waals surface area contributed by atoms with Crippen LogP contribution in [0.2, 0.25) is 0 Å². The summed E-state index contributed by atoms with van der Waals surface area (Å²) in [6.45, 7) is 12.1. The first-order chi connectivity index (χ1) is 28.2. The molecule has 340 valence electrons. The van der Waals surface area contributed by atoms with Gasteiger partial charge in [0.25, 0.3) is 0 Å². The summed E-state index contributed by atoms with van der Waals surface area (Å²) in [6.07, 6.45) is 23.7. The molecule has 0 aliphatic rings. The van der Waals surface area contributed by atoms with Crippen molar-refractivity contribution in [3.63, 3.8) is 0 Å². The molecule has 0 aromatic heterocycles. The van der Waals surface area contributed by atoms with Crippen molar-refractivity contribution in [1.82, 2.24) is 4.90 Å². The number of carbonyl (C=O) groups excluding carboxylic acids is 5. The smallest absolute Gasteiger partial charge is 0.466 e. The minimum absolute atomic E-state index is 0.0898. The molecule has 0 spiro atoms. The lowest BCUT2D eigenvalue weighted by molar-refractivity contribution is -0.150. The van der Waals surface area contributed by atoms with Crippen LogP contribution in [0.1, 0.15) is 201 Å². The van der Waals surface area contributed by atoms with Crippen molar-refractivity contribution in [2.45, 2.75) is 201 Å². The average molecular weight is 828 g/mol. The van der Waals surface area contributed by atoms with Crippen LogP contribution in [0.5, 0.6) is 0 Å². The highest BCUT2D eigenvalue weighted by Gasteiger charge is 2.19. The SMILES string of the molecule is CCCCCCCCCCOC(=O)CCCCCC(=O)OCC(COC(=O)CCCCCC(=O)OCCCCCCCCCC)COC(=O)OCCCN(CC)CC. The lowest BCUT2D eigenvalue weighted by atomic mass is 10.1. The van der Waals surface area contributed by atoms with Crippen LogP contribution < -0.4 is 0 Å². The second-order valence-electron chi connectivity index (χ2n) is 15.5. The zero-order valence-electron chi connectivity index (χ0n) is 37.5. The molecule has 58 heavy (non-hydrogen) atoms. The van der Waals surface area contributed by atoms with E-state index in [4.69, 9.17) is 28.4 Å². The third kappa shape index (κ3) is 38.6. The largest absolute Gasteiger partial charge is 0.508 e. The predicted molar refractivity (Wildman–Crippen MR) is 228 cm³/mol. The van der Waals surface area contributed by atoms with E-state index in [9.17, 15) is 24.0 Å². The maximum atomic E-state index is 12.5. The molecule has 0 unspecified atom stereocenters. The number of unbranched alkanes of at least 4 members (excludes halogenated alkanes) is 18. The molecule has 0 fully saturated rings. The monoisotopic (exact) mass is 828 g/mol. The van der Waals surface area contributed by atoms with Gasteiger partial charge >= 0.3 is 30.0 Å². The van der Waals surface area contributed by atoms with Crippen LogP contribution in [0.15, 0.2) is 0 Å². The third-order valence-electron chi connectivity index (χ3n) is 10.2. The molecule has 12 heteroatoms. The van der Waals surface area contributed by atoms with Gasteiger partial charge in [-0.1, -0.05) is 130 Å². The van der Waals surface area contributed by atoms with Gasteiger partial charge in [0.05, 0.1) is 25.7 Å². The fourth-order valence-corrected chi connectivity index (χ4v) is 6.34. The van der Waals surface area contributed by atoms with E-state index in [-0.39, 0.29) is 51.2 Å². The van der Waals surface area contributed by atoms with Gasteiger partial charge in [0.1, 0.15) is 19.8 Å². The Morgan fingerprint density at radius 1 is 0.362 bits per heavy atom. The van der Waals surface area contributed by atoms with Gasteiger partial charge < -0.3 is 33.3 Å². The van der Waals surface area contributed by atoms with Crippen LogP contribution in [0.3, 0.4) is 0 Å². The lowest BCUT2D eigenvalue weighted by Gasteiger charge is -2.18. The van der Waals surface area contributed by atoms with Crippen molar-refractivity contribution in [3.8, 4) is 0 Å². The standard InChI is InChI=1S/C46H85NO11/c1-5-9-11-13-15-17-19-27-35-53-42(48)30-23-21-25-32-44(50)56-38-41(40-58-46(52)55-37-29-34-47(7-3)8-4)39-57-45(51)33-26-22-24-31-43(49)54-36-28-20-18-16-14-12-10-6-2/h41H,5-40H2,1-4H3. The predicted octanol–water partition coefficient (Wildman–Crippen LogP) is 10.8. The summed E-state index contributed by atoms with van der Waals surface area (Å²) in [5.74, 6) is -1.79. The molecular formula is C46H85NO11. The van der Waals surface area contributed by atoms with Crippen molar-refractivity contribution >= 4 is 30.0 Å². The first-order valence-electron chi connectivity index (χ1n) is 23.4. The summed E-state index contributed by atoms with van der Waals surface area (Å²) >= 11 is 0. The molecule has 0 aliphatic carbocycles. The van der Waals surface area contributed by atoms with E-state index in [1.54, 1.807) is 0 Å². The normalized spacial score (nSPS) is 11.1. The Balaban J connectivity index is 4.40. The van der Waals surface area contributed by atoms with Gasteiger partial charge in [0.2, 0.25) is 0 Å². The van der Waals surface area contributed by atoms with Crippen molar-refractivity contribution in [2.75, 3.05) is 59.3 Å². The quantitative estimate of drug-likeness (QED) is 0.0328.